The van der Waals surface area contributed by atoms with E-state index in [0.717, 1.165) is 19.5 Å². The van der Waals surface area contributed by atoms with E-state index in [0.29, 0.717) is 12.0 Å². The summed E-state index contributed by atoms with van der Waals surface area (Å²) in [4.78, 5) is 13.5. The largest absolute Gasteiger partial charge is 0.368 e. The Labute approximate surface area is 98.6 Å². The van der Waals surface area contributed by atoms with Crippen LogP contribution in [0, 0.1) is 5.92 Å². The van der Waals surface area contributed by atoms with E-state index in [9.17, 15) is 4.79 Å². The summed E-state index contributed by atoms with van der Waals surface area (Å²) in [6, 6.07) is 0.384. The summed E-state index contributed by atoms with van der Waals surface area (Å²) in [5.41, 5.74) is 5.38. The van der Waals surface area contributed by atoms with E-state index in [-0.39, 0.29) is 11.9 Å². The van der Waals surface area contributed by atoms with Gasteiger partial charge in [-0.1, -0.05) is 13.8 Å². The van der Waals surface area contributed by atoms with Crippen LogP contribution in [0.15, 0.2) is 0 Å². The third kappa shape index (κ3) is 5.47. The van der Waals surface area contributed by atoms with Gasteiger partial charge in [-0.2, -0.15) is 0 Å². The van der Waals surface area contributed by atoms with Gasteiger partial charge in [0.25, 0.3) is 0 Å². The van der Waals surface area contributed by atoms with Crippen molar-refractivity contribution in [3.05, 3.63) is 0 Å². The molecule has 1 aliphatic rings. The third-order valence-corrected chi connectivity index (χ3v) is 2.83. The van der Waals surface area contributed by atoms with E-state index in [1.54, 1.807) is 0 Å². The monoisotopic (exact) mass is 227 g/mol. The predicted molar refractivity (Wildman–Crippen MR) is 66.1 cm³/mol. The van der Waals surface area contributed by atoms with Crippen LogP contribution in [0.5, 0.6) is 0 Å². The molecule has 0 radical (unpaired) electrons. The molecule has 1 amide bonds. The summed E-state index contributed by atoms with van der Waals surface area (Å²) in [6.07, 6.45) is 3.19. The van der Waals surface area contributed by atoms with Crippen molar-refractivity contribution in [2.75, 3.05) is 20.1 Å². The second kappa shape index (κ2) is 6.21. The first-order valence-electron chi connectivity index (χ1n) is 6.23. The maximum absolute atomic E-state index is 11.2. The summed E-state index contributed by atoms with van der Waals surface area (Å²) >= 11 is 0. The third-order valence-electron chi connectivity index (χ3n) is 2.83. The van der Waals surface area contributed by atoms with Gasteiger partial charge in [0.2, 0.25) is 5.91 Å². The first kappa shape index (κ1) is 13.5. The van der Waals surface area contributed by atoms with Gasteiger partial charge in [0.15, 0.2) is 0 Å². The lowest BCUT2D eigenvalue weighted by molar-refractivity contribution is -0.120. The smallest absolute Gasteiger partial charge is 0.234 e. The number of nitrogens with zero attached hydrogens (tertiary/aromatic N) is 1. The zero-order valence-corrected chi connectivity index (χ0v) is 10.7. The van der Waals surface area contributed by atoms with Gasteiger partial charge < -0.3 is 16.0 Å². The number of hydrogen-bond acceptors (Lipinski definition) is 3. The molecule has 0 aromatic carbocycles. The molecule has 4 nitrogen and oxygen atoms in total. The zero-order valence-electron chi connectivity index (χ0n) is 10.7. The van der Waals surface area contributed by atoms with Crippen LogP contribution in [0.3, 0.4) is 0 Å². The highest BCUT2D eigenvalue weighted by Crippen LogP contribution is 2.19. The van der Waals surface area contributed by atoms with Gasteiger partial charge in [-0.15, -0.1) is 0 Å². The zero-order chi connectivity index (χ0) is 12.1. The predicted octanol–water partition coefficient (Wildman–Crippen LogP) is 0.570. The normalized spacial score (nSPS) is 18.1. The standard InChI is InChI=1S/C12H25N3O/c1-9(2)8-15(3)7-6-11(12(13)16)14-10-4-5-10/h9-11,14H,4-8H2,1-3H3,(H2,13,16). The highest BCUT2D eigenvalue weighted by molar-refractivity contribution is 5.79. The molecule has 1 saturated carbocycles. The van der Waals surface area contributed by atoms with Gasteiger partial charge in [0.05, 0.1) is 6.04 Å². The van der Waals surface area contributed by atoms with Crippen LogP contribution in [-0.2, 0) is 4.79 Å². The topological polar surface area (TPSA) is 58.4 Å². The fourth-order valence-electron chi connectivity index (χ4n) is 1.91. The molecule has 0 aromatic heterocycles. The van der Waals surface area contributed by atoms with Crippen molar-refractivity contribution in [2.24, 2.45) is 11.7 Å². The minimum atomic E-state index is -0.218. The lowest BCUT2D eigenvalue weighted by Gasteiger charge is -2.22. The first-order valence-corrected chi connectivity index (χ1v) is 6.23. The van der Waals surface area contributed by atoms with Gasteiger partial charge in [0, 0.05) is 12.6 Å². The number of carbonyl (C=O) groups is 1. The van der Waals surface area contributed by atoms with E-state index in [2.05, 4.69) is 31.1 Å². The minimum Gasteiger partial charge on any atom is -0.368 e. The van der Waals surface area contributed by atoms with E-state index < -0.39 is 0 Å². The van der Waals surface area contributed by atoms with Gasteiger partial charge in [-0.3, -0.25) is 4.79 Å². The molecular formula is C12H25N3O. The number of hydrogen-bond donors (Lipinski definition) is 2. The van der Waals surface area contributed by atoms with Crippen LogP contribution in [-0.4, -0.2) is 43.0 Å². The second-order valence-electron chi connectivity index (χ2n) is 5.34. The maximum Gasteiger partial charge on any atom is 0.234 e. The number of nitrogens with one attached hydrogen (secondary N) is 1. The van der Waals surface area contributed by atoms with Crippen molar-refractivity contribution in [3.63, 3.8) is 0 Å². The van der Waals surface area contributed by atoms with Crippen LogP contribution < -0.4 is 11.1 Å². The van der Waals surface area contributed by atoms with Crippen molar-refractivity contribution < 1.29 is 4.79 Å². The van der Waals surface area contributed by atoms with Crippen molar-refractivity contribution in [2.45, 2.75) is 45.2 Å². The Morgan fingerprint density at radius 1 is 1.50 bits per heavy atom. The highest BCUT2D eigenvalue weighted by Gasteiger charge is 2.27. The van der Waals surface area contributed by atoms with Crippen LogP contribution in [0.25, 0.3) is 0 Å². The van der Waals surface area contributed by atoms with Gasteiger partial charge in [-0.05, 0) is 38.8 Å². The molecule has 1 aliphatic carbocycles. The SMILES string of the molecule is CC(C)CN(C)CCC(NC1CC1)C(N)=O. The van der Waals surface area contributed by atoms with Gasteiger partial charge in [0.1, 0.15) is 0 Å². The van der Waals surface area contributed by atoms with E-state index in [1.807, 2.05) is 0 Å². The number of primary amides is 1. The second-order valence-corrected chi connectivity index (χ2v) is 5.34. The molecule has 94 valence electrons. The highest BCUT2D eigenvalue weighted by atomic mass is 16.1. The Morgan fingerprint density at radius 3 is 2.56 bits per heavy atom. The molecule has 0 aliphatic heterocycles. The Balaban J connectivity index is 2.22. The Morgan fingerprint density at radius 2 is 2.12 bits per heavy atom. The Kier molecular flexibility index (Phi) is 5.22. The lowest BCUT2D eigenvalue weighted by atomic mass is 10.1. The van der Waals surface area contributed by atoms with Crippen molar-refractivity contribution >= 4 is 5.91 Å². The van der Waals surface area contributed by atoms with Gasteiger partial charge >= 0.3 is 0 Å². The number of amides is 1. The lowest BCUT2D eigenvalue weighted by Crippen LogP contribution is -2.44. The summed E-state index contributed by atoms with van der Waals surface area (Å²) in [6.45, 7) is 6.38. The summed E-state index contributed by atoms with van der Waals surface area (Å²) in [5.74, 6) is 0.443. The molecule has 0 aromatic rings. The summed E-state index contributed by atoms with van der Waals surface area (Å²) in [5, 5.41) is 3.30. The minimum absolute atomic E-state index is 0.151. The number of carbonyl (C=O) groups excluding carboxylic acids is 1. The number of rotatable bonds is 8. The van der Waals surface area contributed by atoms with Crippen LogP contribution in [0.2, 0.25) is 0 Å². The average molecular weight is 227 g/mol. The molecule has 16 heavy (non-hydrogen) atoms. The molecule has 0 heterocycles. The Hall–Kier alpha value is -0.610. The fourth-order valence-corrected chi connectivity index (χ4v) is 1.91. The van der Waals surface area contributed by atoms with E-state index in [4.69, 9.17) is 5.73 Å². The summed E-state index contributed by atoms with van der Waals surface area (Å²) in [7, 11) is 2.09. The molecule has 1 rings (SSSR count). The maximum atomic E-state index is 11.2. The summed E-state index contributed by atoms with van der Waals surface area (Å²) < 4.78 is 0. The molecule has 0 spiro atoms. The molecule has 0 saturated heterocycles. The van der Waals surface area contributed by atoms with Crippen molar-refractivity contribution in [1.82, 2.24) is 10.2 Å². The quantitative estimate of drug-likeness (QED) is 0.637. The van der Waals surface area contributed by atoms with Gasteiger partial charge in [-0.25, -0.2) is 0 Å². The molecule has 3 N–H and O–H groups in total. The first-order chi connectivity index (χ1) is 7.49. The van der Waals surface area contributed by atoms with E-state index in [1.165, 1.54) is 12.8 Å². The van der Waals surface area contributed by atoms with Crippen LogP contribution >= 0.6 is 0 Å². The van der Waals surface area contributed by atoms with Crippen molar-refractivity contribution in [1.29, 1.82) is 0 Å². The average Bonchev–Trinajstić information content (AvgIpc) is 2.93. The number of nitrogens with two attached hydrogens (primary N) is 1. The molecule has 0 bridgehead atoms. The molecule has 4 heteroatoms. The Bertz CT molecular complexity index is 226. The van der Waals surface area contributed by atoms with Crippen LogP contribution in [0.4, 0.5) is 0 Å². The molecular weight excluding hydrogens is 202 g/mol. The fraction of sp³-hybridized carbons (Fsp3) is 0.917. The van der Waals surface area contributed by atoms with E-state index >= 15 is 0 Å². The molecule has 1 atom stereocenters. The molecule has 1 fully saturated rings. The van der Waals surface area contributed by atoms with Crippen molar-refractivity contribution in [3.8, 4) is 0 Å². The van der Waals surface area contributed by atoms with Crippen LogP contribution in [0.1, 0.15) is 33.1 Å². The molecule has 1 unspecified atom stereocenters.